The molecule has 0 radical (unpaired) electrons. The van der Waals surface area contributed by atoms with Crippen LogP contribution in [0.1, 0.15) is 24.2 Å². The molecule has 7 heteroatoms. The average Bonchev–Trinajstić information content (AvgIpc) is 2.94. The van der Waals surface area contributed by atoms with E-state index in [-0.39, 0.29) is 12.1 Å². The number of hydrogen-bond acceptors (Lipinski definition) is 4. The van der Waals surface area contributed by atoms with Crippen LogP contribution in [-0.2, 0) is 0 Å². The van der Waals surface area contributed by atoms with Crippen LogP contribution in [0.2, 0.25) is 5.02 Å². The normalized spacial score (nSPS) is 18.1. The first-order valence-corrected chi connectivity index (χ1v) is 8.10. The maximum Gasteiger partial charge on any atom is 0.322 e. The highest BCUT2D eigenvalue weighted by Gasteiger charge is 2.29. The Hall–Kier alpha value is -2.05. The smallest absolute Gasteiger partial charge is 0.322 e. The predicted molar refractivity (Wildman–Crippen MR) is 89.6 cm³/mol. The maximum atomic E-state index is 12.2. The number of urea groups is 1. The molecule has 1 aliphatic rings. The van der Waals surface area contributed by atoms with Crippen molar-refractivity contribution in [1.29, 1.82) is 0 Å². The lowest BCUT2D eigenvalue weighted by Crippen LogP contribution is -2.43. The quantitative estimate of drug-likeness (QED) is 0.902. The van der Waals surface area contributed by atoms with Gasteiger partial charge in [0, 0.05) is 28.7 Å². The van der Waals surface area contributed by atoms with Crippen LogP contribution in [0.3, 0.4) is 0 Å². The van der Waals surface area contributed by atoms with Crippen molar-refractivity contribution in [3.63, 3.8) is 0 Å². The summed E-state index contributed by atoms with van der Waals surface area (Å²) in [6, 6.07) is 7.02. The van der Waals surface area contributed by atoms with Gasteiger partial charge in [0.05, 0.1) is 11.7 Å². The van der Waals surface area contributed by atoms with Crippen molar-refractivity contribution in [3.8, 4) is 0 Å². The number of thiazole rings is 1. The molecule has 5 nitrogen and oxygen atoms in total. The zero-order valence-corrected chi connectivity index (χ0v) is 13.5. The molecule has 0 unspecified atom stereocenters. The third-order valence-corrected chi connectivity index (χ3v) is 4.42. The van der Waals surface area contributed by atoms with Crippen molar-refractivity contribution in [2.45, 2.75) is 13.0 Å². The van der Waals surface area contributed by atoms with Gasteiger partial charge in [0.2, 0.25) is 0 Å². The molecule has 1 aliphatic heterocycles. The molecule has 3 rings (SSSR count). The van der Waals surface area contributed by atoms with Crippen molar-refractivity contribution in [2.24, 2.45) is 0 Å². The summed E-state index contributed by atoms with van der Waals surface area (Å²) in [5, 5.41) is 6.07. The van der Waals surface area contributed by atoms with Gasteiger partial charge in [0.1, 0.15) is 0 Å². The Morgan fingerprint density at radius 3 is 2.73 bits per heavy atom. The second-order valence-electron chi connectivity index (χ2n) is 4.88. The summed E-state index contributed by atoms with van der Waals surface area (Å²) in [5.74, 6) is 0. The van der Waals surface area contributed by atoms with Crippen LogP contribution in [0.25, 0.3) is 5.57 Å². The van der Waals surface area contributed by atoms with E-state index >= 15 is 0 Å². The Morgan fingerprint density at radius 1 is 1.41 bits per heavy atom. The monoisotopic (exact) mass is 334 g/mol. The number of nitrogens with one attached hydrogen (secondary N) is 1. The molecular weight excluding hydrogens is 320 g/mol. The van der Waals surface area contributed by atoms with Crippen LogP contribution < -0.4 is 11.1 Å². The molecule has 1 aromatic heterocycles. The Labute approximate surface area is 137 Å². The average molecular weight is 335 g/mol. The van der Waals surface area contributed by atoms with E-state index in [1.165, 1.54) is 11.3 Å². The molecule has 0 bridgehead atoms. The van der Waals surface area contributed by atoms with Crippen LogP contribution in [0.5, 0.6) is 0 Å². The highest BCUT2D eigenvalue weighted by Crippen LogP contribution is 2.34. The predicted octanol–water partition coefficient (Wildman–Crippen LogP) is 3.51. The molecule has 0 saturated carbocycles. The Bertz CT molecular complexity index is 725. The zero-order chi connectivity index (χ0) is 15.7. The maximum absolute atomic E-state index is 12.2. The van der Waals surface area contributed by atoms with Gasteiger partial charge in [0.15, 0.2) is 5.13 Å². The highest BCUT2D eigenvalue weighted by molar-refractivity contribution is 7.13. The number of nitrogens with two attached hydrogens (primary N) is 1. The number of aromatic nitrogens is 1. The van der Waals surface area contributed by atoms with E-state index in [1.54, 1.807) is 4.90 Å². The third-order valence-electron chi connectivity index (χ3n) is 3.50. The first-order valence-electron chi connectivity index (χ1n) is 6.84. The highest BCUT2D eigenvalue weighted by atomic mass is 35.5. The lowest BCUT2D eigenvalue weighted by molar-refractivity contribution is 0.212. The van der Waals surface area contributed by atoms with E-state index < -0.39 is 0 Å². The van der Waals surface area contributed by atoms with E-state index in [2.05, 4.69) is 10.3 Å². The van der Waals surface area contributed by atoms with Gasteiger partial charge in [-0.15, -0.1) is 11.3 Å². The second-order valence-corrected chi connectivity index (χ2v) is 6.20. The Kier molecular flexibility index (Phi) is 4.04. The third kappa shape index (κ3) is 2.80. The Balaban J connectivity index is 2.06. The van der Waals surface area contributed by atoms with Crippen molar-refractivity contribution < 1.29 is 4.79 Å². The van der Waals surface area contributed by atoms with Crippen molar-refractivity contribution in [1.82, 2.24) is 15.2 Å². The van der Waals surface area contributed by atoms with E-state index in [0.29, 0.717) is 16.7 Å². The van der Waals surface area contributed by atoms with E-state index in [0.717, 1.165) is 16.8 Å². The molecule has 114 valence electrons. The number of amides is 2. The van der Waals surface area contributed by atoms with Gasteiger partial charge in [-0.05, 0) is 24.6 Å². The number of carbonyl (C=O) groups is 1. The molecule has 1 aromatic carbocycles. The van der Waals surface area contributed by atoms with E-state index in [9.17, 15) is 4.79 Å². The fourth-order valence-electron chi connectivity index (χ4n) is 2.37. The first-order chi connectivity index (χ1) is 10.6. The molecule has 2 aromatic rings. The standard InChI is InChI=1S/C15H15ClN4OS/c1-2-20-7-11(12-8-22-14(17)18-12)13(19-15(20)21)9-3-5-10(16)6-4-9/h3-8,13H,2H2,1H3,(H2,17,18)(H,19,21)/t13-/m0/s1. The first kappa shape index (κ1) is 14.9. The van der Waals surface area contributed by atoms with Crippen molar-refractivity contribution in [2.75, 3.05) is 12.3 Å². The van der Waals surface area contributed by atoms with Crippen LogP contribution in [0.15, 0.2) is 35.8 Å². The fourth-order valence-corrected chi connectivity index (χ4v) is 3.07. The summed E-state index contributed by atoms with van der Waals surface area (Å²) in [4.78, 5) is 18.1. The number of rotatable bonds is 3. The minimum atomic E-state index is -0.269. The van der Waals surface area contributed by atoms with E-state index in [4.69, 9.17) is 17.3 Å². The molecule has 0 saturated heterocycles. The molecule has 3 N–H and O–H groups in total. The lowest BCUT2D eigenvalue weighted by atomic mass is 9.96. The molecule has 2 heterocycles. The minimum absolute atomic E-state index is 0.130. The summed E-state index contributed by atoms with van der Waals surface area (Å²) in [6.07, 6.45) is 1.84. The summed E-state index contributed by atoms with van der Waals surface area (Å²) in [7, 11) is 0. The van der Waals surface area contributed by atoms with Gasteiger partial charge in [-0.3, -0.25) is 0 Å². The number of nitrogens with zero attached hydrogens (tertiary/aromatic N) is 2. The number of nitrogen functional groups attached to an aromatic ring is 1. The summed E-state index contributed by atoms with van der Waals surface area (Å²) in [6.45, 7) is 2.51. The number of carbonyl (C=O) groups excluding carboxylic acids is 1. The van der Waals surface area contributed by atoms with Crippen molar-refractivity contribution >= 4 is 39.7 Å². The van der Waals surface area contributed by atoms with Crippen LogP contribution >= 0.6 is 22.9 Å². The van der Waals surface area contributed by atoms with Gasteiger partial charge in [-0.2, -0.15) is 0 Å². The SMILES string of the molecule is CCN1C=C(c2csc(N)n2)[C@H](c2ccc(Cl)cc2)NC1=O. The second kappa shape index (κ2) is 5.98. The van der Waals surface area contributed by atoms with Crippen LogP contribution in [0.4, 0.5) is 9.93 Å². The summed E-state index contributed by atoms with van der Waals surface area (Å²) in [5.41, 5.74) is 8.39. The van der Waals surface area contributed by atoms with Crippen LogP contribution in [0, 0.1) is 0 Å². The van der Waals surface area contributed by atoms with Gasteiger partial charge in [-0.1, -0.05) is 23.7 Å². The van der Waals surface area contributed by atoms with Gasteiger partial charge >= 0.3 is 6.03 Å². The molecule has 22 heavy (non-hydrogen) atoms. The molecule has 0 fully saturated rings. The number of benzene rings is 1. The van der Waals surface area contributed by atoms with E-state index in [1.807, 2.05) is 42.8 Å². The van der Waals surface area contributed by atoms with Gasteiger partial charge in [0.25, 0.3) is 0 Å². The van der Waals surface area contributed by atoms with Gasteiger partial charge < -0.3 is 16.0 Å². The van der Waals surface area contributed by atoms with Crippen molar-refractivity contribution in [3.05, 3.63) is 52.1 Å². The number of hydrogen-bond donors (Lipinski definition) is 2. The topological polar surface area (TPSA) is 71.2 Å². The number of halogens is 1. The van der Waals surface area contributed by atoms with Gasteiger partial charge in [-0.25, -0.2) is 9.78 Å². The molecule has 2 amide bonds. The largest absolute Gasteiger partial charge is 0.375 e. The summed E-state index contributed by atoms with van der Waals surface area (Å²) >= 11 is 7.33. The fraction of sp³-hybridized carbons (Fsp3) is 0.200. The zero-order valence-electron chi connectivity index (χ0n) is 11.9. The molecular formula is C15H15ClN4OS. The lowest BCUT2D eigenvalue weighted by Gasteiger charge is -2.31. The van der Waals surface area contributed by atoms with Crippen LogP contribution in [-0.4, -0.2) is 22.5 Å². The number of anilines is 1. The molecule has 0 spiro atoms. The summed E-state index contributed by atoms with van der Waals surface area (Å²) < 4.78 is 0. The molecule has 1 atom stereocenters. The minimum Gasteiger partial charge on any atom is -0.375 e. The molecule has 0 aliphatic carbocycles. The Morgan fingerprint density at radius 2 is 2.14 bits per heavy atom.